The van der Waals surface area contributed by atoms with E-state index >= 15 is 0 Å². The van der Waals surface area contributed by atoms with Crippen molar-refractivity contribution < 1.29 is 18.1 Å². The maximum atomic E-state index is 13.0. The summed E-state index contributed by atoms with van der Waals surface area (Å²) < 4.78 is 27.4. The zero-order valence-corrected chi connectivity index (χ0v) is 17.1. The topological polar surface area (TPSA) is 104 Å². The molecule has 1 aliphatic heterocycles. The fraction of sp³-hybridized carbons (Fsp3) is 0.474. The molecule has 0 radical (unpaired) electrons. The van der Waals surface area contributed by atoms with Crippen molar-refractivity contribution in [2.45, 2.75) is 24.7 Å². The third-order valence-electron chi connectivity index (χ3n) is 5.13. The Hall–Kier alpha value is -2.23. The second-order valence-corrected chi connectivity index (χ2v) is 9.15. The molecule has 0 spiro atoms. The second-order valence-electron chi connectivity index (χ2n) is 7.21. The number of carbonyl (C=O) groups excluding carboxylic acids is 1. The first-order valence-corrected chi connectivity index (χ1v) is 11.0. The summed E-state index contributed by atoms with van der Waals surface area (Å²) in [5.74, 6) is -0.452. The van der Waals surface area contributed by atoms with Crippen LogP contribution in [0.3, 0.4) is 0 Å². The molecule has 2 heterocycles. The van der Waals surface area contributed by atoms with Gasteiger partial charge in [-0.25, -0.2) is 8.42 Å². The Balaban J connectivity index is 1.95. The molecule has 1 aromatic carbocycles. The van der Waals surface area contributed by atoms with Crippen molar-refractivity contribution in [3.63, 3.8) is 0 Å². The number of carbonyl (C=O) groups is 1. The van der Waals surface area contributed by atoms with Crippen LogP contribution in [0, 0.1) is 0 Å². The number of H-pyrrole nitrogens is 1. The molecule has 3 N–H and O–H groups in total. The fourth-order valence-corrected chi connectivity index (χ4v) is 4.73. The highest BCUT2D eigenvalue weighted by Gasteiger charge is 2.29. The van der Waals surface area contributed by atoms with Gasteiger partial charge >= 0.3 is 0 Å². The van der Waals surface area contributed by atoms with E-state index in [1.165, 1.54) is 27.5 Å². The number of benzene rings is 1. The van der Waals surface area contributed by atoms with E-state index in [2.05, 4.69) is 10.3 Å². The van der Waals surface area contributed by atoms with Gasteiger partial charge in [-0.3, -0.25) is 9.59 Å². The molecule has 1 saturated heterocycles. The summed E-state index contributed by atoms with van der Waals surface area (Å²) in [6.07, 6.45) is 3.14. The molecule has 0 bridgehead atoms. The van der Waals surface area contributed by atoms with Crippen molar-refractivity contribution >= 4 is 26.8 Å². The standard InChI is InChI=1S/C19H26N4O4S/c1-3-4-7-20-19(25)16-13-21-17-6-5-14(12-15(17)18(16)24)28(26,27)23-10-8-22(2)9-11-23/h5-6,12-13H,3-4,7-11H2,1-2H3,(H,20,25)(H,21,24)/p+1. The number of amides is 1. The number of unbranched alkanes of at least 4 members (excludes halogenated alkanes) is 1. The minimum atomic E-state index is -3.68. The lowest BCUT2D eigenvalue weighted by Gasteiger charge is -2.29. The third-order valence-corrected chi connectivity index (χ3v) is 7.02. The van der Waals surface area contributed by atoms with Crippen molar-refractivity contribution in [3.8, 4) is 0 Å². The highest BCUT2D eigenvalue weighted by Crippen LogP contribution is 2.19. The van der Waals surface area contributed by atoms with Gasteiger partial charge in [0.05, 0.1) is 38.1 Å². The van der Waals surface area contributed by atoms with E-state index in [1.54, 1.807) is 6.07 Å². The number of piperazine rings is 1. The van der Waals surface area contributed by atoms with Gasteiger partial charge in [0.25, 0.3) is 5.91 Å². The van der Waals surface area contributed by atoms with Crippen LogP contribution in [-0.4, -0.2) is 63.4 Å². The summed E-state index contributed by atoms with van der Waals surface area (Å²) in [5.41, 5.74) is 0.0147. The van der Waals surface area contributed by atoms with Crippen LogP contribution in [-0.2, 0) is 10.0 Å². The van der Waals surface area contributed by atoms with Crippen molar-refractivity contribution in [3.05, 3.63) is 40.2 Å². The number of nitrogens with one attached hydrogen (secondary N) is 3. The van der Waals surface area contributed by atoms with Crippen molar-refractivity contribution in [1.29, 1.82) is 0 Å². The fourth-order valence-electron chi connectivity index (χ4n) is 3.26. The van der Waals surface area contributed by atoms with Gasteiger partial charge in [0.15, 0.2) is 0 Å². The summed E-state index contributed by atoms with van der Waals surface area (Å²) in [4.78, 5) is 29.4. The molecule has 152 valence electrons. The molecule has 1 amide bonds. The number of likely N-dealkylation sites (N-methyl/N-ethyl adjacent to an activating group) is 1. The maximum Gasteiger partial charge on any atom is 0.256 e. The second kappa shape index (κ2) is 8.42. The third kappa shape index (κ3) is 4.11. The van der Waals surface area contributed by atoms with Gasteiger partial charge in [-0.15, -0.1) is 0 Å². The molecular weight excluding hydrogens is 380 g/mol. The lowest BCUT2D eigenvalue weighted by molar-refractivity contribution is -0.883. The minimum absolute atomic E-state index is 0.0126. The number of sulfonamides is 1. The molecule has 9 heteroatoms. The molecule has 0 aliphatic carbocycles. The Bertz CT molecular complexity index is 1020. The molecule has 0 atom stereocenters. The number of fused-ring (bicyclic) bond motifs is 1. The van der Waals surface area contributed by atoms with Crippen LogP contribution >= 0.6 is 0 Å². The first-order valence-electron chi connectivity index (χ1n) is 9.59. The zero-order valence-electron chi connectivity index (χ0n) is 16.2. The smallest absolute Gasteiger partial charge is 0.256 e. The van der Waals surface area contributed by atoms with E-state index in [0.29, 0.717) is 25.2 Å². The Labute approximate surface area is 164 Å². The number of hydrogen-bond donors (Lipinski definition) is 3. The molecule has 28 heavy (non-hydrogen) atoms. The Morgan fingerprint density at radius 2 is 2.00 bits per heavy atom. The Kier molecular flexibility index (Phi) is 6.17. The molecule has 0 unspecified atom stereocenters. The predicted molar refractivity (Wildman–Crippen MR) is 107 cm³/mol. The molecule has 8 nitrogen and oxygen atoms in total. The van der Waals surface area contributed by atoms with Crippen LogP contribution in [0.25, 0.3) is 10.9 Å². The van der Waals surface area contributed by atoms with Gasteiger partial charge in [-0.2, -0.15) is 4.31 Å². The minimum Gasteiger partial charge on any atom is -0.360 e. The van der Waals surface area contributed by atoms with E-state index in [0.717, 1.165) is 25.9 Å². The van der Waals surface area contributed by atoms with Crippen LogP contribution in [0.4, 0.5) is 0 Å². The zero-order chi connectivity index (χ0) is 20.3. The highest BCUT2D eigenvalue weighted by molar-refractivity contribution is 7.89. The van der Waals surface area contributed by atoms with Gasteiger partial charge in [-0.1, -0.05) is 13.3 Å². The van der Waals surface area contributed by atoms with E-state index in [-0.39, 0.29) is 15.8 Å². The number of aromatic nitrogens is 1. The lowest BCUT2D eigenvalue weighted by atomic mass is 10.1. The van der Waals surface area contributed by atoms with Gasteiger partial charge in [0, 0.05) is 23.6 Å². The van der Waals surface area contributed by atoms with E-state index in [1.807, 2.05) is 14.0 Å². The number of nitrogens with zero attached hydrogens (tertiary/aromatic N) is 1. The van der Waals surface area contributed by atoms with Gasteiger partial charge < -0.3 is 15.2 Å². The van der Waals surface area contributed by atoms with Crippen molar-refractivity contribution in [1.82, 2.24) is 14.6 Å². The first-order chi connectivity index (χ1) is 13.3. The number of hydrogen-bond acceptors (Lipinski definition) is 4. The molecule has 0 saturated carbocycles. The predicted octanol–water partition coefficient (Wildman–Crippen LogP) is -0.423. The van der Waals surface area contributed by atoms with Crippen LogP contribution < -0.4 is 15.6 Å². The monoisotopic (exact) mass is 407 g/mol. The quantitative estimate of drug-likeness (QED) is 0.566. The van der Waals surface area contributed by atoms with E-state index in [4.69, 9.17) is 0 Å². The molecule has 3 rings (SSSR count). The molecule has 1 aromatic heterocycles. The van der Waals surface area contributed by atoms with Crippen LogP contribution in [0.1, 0.15) is 30.1 Å². The number of aromatic amines is 1. The number of pyridine rings is 1. The largest absolute Gasteiger partial charge is 0.360 e. The van der Waals surface area contributed by atoms with E-state index < -0.39 is 21.4 Å². The summed E-state index contributed by atoms with van der Waals surface area (Å²) in [7, 11) is -1.64. The average molecular weight is 408 g/mol. The number of rotatable bonds is 6. The normalized spacial score (nSPS) is 16.4. The Morgan fingerprint density at radius 3 is 2.68 bits per heavy atom. The average Bonchev–Trinajstić information content (AvgIpc) is 2.68. The van der Waals surface area contributed by atoms with Gasteiger partial charge in [0.1, 0.15) is 5.56 Å². The summed E-state index contributed by atoms with van der Waals surface area (Å²) in [6, 6.07) is 4.45. The van der Waals surface area contributed by atoms with Crippen LogP contribution in [0.2, 0.25) is 0 Å². The lowest BCUT2D eigenvalue weighted by Crippen LogP contribution is -3.12. The Morgan fingerprint density at radius 1 is 1.29 bits per heavy atom. The van der Waals surface area contributed by atoms with Gasteiger partial charge in [-0.05, 0) is 24.6 Å². The molecular formula is C19H27N4O4S+. The van der Waals surface area contributed by atoms with E-state index in [9.17, 15) is 18.0 Å². The van der Waals surface area contributed by atoms with Gasteiger partial charge in [0.2, 0.25) is 15.5 Å². The maximum absolute atomic E-state index is 13.0. The van der Waals surface area contributed by atoms with Crippen LogP contribution in [0.5, 0.6) is 0 Å². The van der Waals surface area contributed by atoms with Crippen LogP contribution in [0.15, 0.2) is 34.1 Å². The SMILES string of the molecule is CCCCNC(=O)c1c[nH]c2ccc(S(=O)(=O)N3CC[NH+](C)CC3)cc2c1=O. The first kappa shape index (κ1) is 20.5. The molecule has 2 aromatic rings. The molecule has 1 aliphatic rings. The number of quaternary nitrogens is 1. The summed E-state index contributed by atoms with van der Waals surface area (Å²) >= 11 is 0. The van der Waals surface area contributed by atoms with Crippen molar-refractivity contribution in [2.75, 3.05) is 39.8 Å². The summed E-state index contributed by atoms with van der Waals surface area (Å²) in [5, 5.41) is 2.92. The summed E-state index contributed by atoms with van der Waals surface area (Å²) in [6.45, 7) is 4.89. The highest BCUT2D eigenvalue weighted by atomic mass is 32.2. The van der Waals surface area contributed by atoms with Crippen molar-refractivity contribution in [2.24, 2.45) is 0 Å². The molecule has 1 fully saturated rings.